The van der Waals surface area contributed by atoms with Crippen molar-refractivity contribution in [2.24, 2.45) is 0 Å². The third kappa shape index (κ3) is 5.00. The van der Waals surface area contributed by atoms with Crippen LogP contribution >= 0.6 is 0 Å². The minimum absolute atomic E-state index is 0.0200. The SMILES string of the molecule is COC(=O)c1cc(OC)c(OC)cc1NC(=O)CCc1ncc(-c2ccccc2F)o1. The van der Waals surface area contributed by atoms with Gasteiger partial charge in [0.2, 0.25) is 5.91 Å². The summed E-state index contributed by atoms with van der Waals surface area (Å²) in [4.78, 5) is 28.7. The molecule has 3 aromatic rings. The molecular weight excluding hydrogens is 407 g/mol. The number of oxazole rings is 1. The van der Waals surface area contributed by atoms with E-state index in [1.165, 1.54) is 45.7 Å². The summed E-state index contributed by atoms with van der Waals surface area (Å²) in [6.07, 6.45) is 1.61. The van der Waals surface area contributed by atoms with E-state index in [4.69, 9.17) is 18.6 Å². The van der Waals surface area contributed by atoms with Crippen molar-refractivity contribution in [3.63, 3.8) is 0 Å². The zero-order valence-electron chi connectivity index (χ0n) is 17.2. The van der Waals surface area contributed by atoms with Gasteiger partial charge in [0.05, 0.1) is 44.3 Å². The van der Waals surface area contributed by atoms with Gasteiger partial charge in [0.1, 0.15) is 5.82 Å². The van der Waals surface area contributed by atoms with Crippen molar-refractivity contribution in [2.75, 3.05) is 26.6 Å². The zero-order valence-corrected chi connectivity index (χ0v) is 17.2. The lowest BCUT2D eigenvalue weighted by atomic mass is 10.1. The molecule has 3 rings (SSSR count). The van der Waals surface area contributed by atoms with Crippen LogP contribution in [0.25, 0.3) is 11.3 Å². The molecule has 0 bridgehead atoms. The molecule has 162 valence electrons. The zero-order chi connectivity index (χ0) is 22.4. The number of nitrogens with zero attached hydrogens (tertiary/aromatic N) is 1. The standard InChI is InChI=1S/C22H21FN2O6/c1-28-17-10-14(22(27)30-3)16(11-18(17)29-2)25-20(26)8-9-21-24-12-19(31-21)13-6-4-5-7-15(13)23/h4-7,10-12H,8-9H2,1-3H3,(H,25,26). The summed E-state index contributed by atoms with van der Waals surface area (Å²) in [5.74, 6) is -0.224. The summed E-state index contributed by atoms with van der Waals surface area (Å²) in [5.41, 5.74) is 0.624. The predicted molar refractivity (Wildman–Crippen MR) is 110 cm³/mol. The van der Waals surface area contributed by atoms with Crippen LogP contribution in [0.1, 0.15) is 22.7 Å². The fourth-order valence-electron chi connectivity index (χ4n) is 2.91. The van der Waals surface area contributed by atoms with Crippen LogP contribution in [-0.2, 0) is 16.0 Å². The molecule has 0 unspecified atom stereocenters. The first-order valence-corrected chi connectivity index (χ1v) is 9.30. The Morgan fingerprint density at radius 3 is 2.48 bits per heavy atom. The molecule has 1 amide bonds. The van der Waals surface area contributed by atoms with E-state index in [1.54, 1.807) is 18.2 Å². The van der Waals surface area contributed by atoms with Crippen molar-refractivity contribution in [1.29, 1.82) is 0 Å². The van der Waals surface area contributed by atoms with Gasteiger partial charge in [0.15, 0.2) is 23.1 Å². The summed E-state index contributed by atoms with van der Waals surface area (Å²) < 4.78 is 34.6. The lowest BCUT2D eigenvalue weighted by Crippen LogP contribution is -2.16. The summed E-state index contributed by atoms with van der Waals surface area (Å²) in [6.45, 7) is 0. The second-order valence-electron chi connectivity index (χ2n) is 6.39. The van der Waals surface area contributed by atoms with E-state index < -0.39 is 11.8 Å². The fourth-order valence-corrected chi connectivity index (χ4v) is 2.91. The summed E-state index contributed by atoms with van der Waals surface area (Å²) in [6, 6.07) is 9.08. The van der Waals surface area contributed by atoms with Gasteiger partial charge in [-0.1, -0.05) is 12.1 Å². The number of carbonyl (C=O) groups is 2. The van der Waals surface area contributed by atoms with E-state index >= 15 is 0 Å². The molecule has 0 spiro atoms. The average Bonchev–Trinajstić information content (AvgIpc) is 3.26. The van der Waals surface area contributed by atoms with Crippen LogP contribution in [0.4, 0.5) is 10.1 Å². The molecule has 0 radical (unpaired) electrons. The van der Waals surface area contributed by atoms with Gasteiger partial charge in [-0.15, -0.1) is 0 Å². The highest BCUT2D eigenvalue weighted by atomic mass is 19.1. The molecule has 0 fully saturated rings. The molecule has 0 atom stereocenters. The lowest BCUT2D eigenvalue weighted by Gasteiger charge is -2.14. The Labute approximate surface area is 177 Å². The normalized spacial score (nSPS) is 10.5. The molecule has 0 saturated heterocycles. The van der Waals surface area contributed by atoms with Crippen molar-refractivity contribution in [3.05, 3.63) is 59.9 Å². The lowest BCUT2D eigenvalue weighted by molar-refractivity contribution is -0.116. The van der Waals surface area contributed by atoms with Crippen LogP contribution in [-0.4, -0.2) is 38.2 Å². The van der Waals surface area contributed by atoms with Crippen LogP contribution in [0.15, 0.2) is 47.0 Å². The van der Waals surface area contributed by atoms with Gasteiger partial charge in [-0.25, -0.2) is 14.2 Å². The van der Waals surface area contributed by atoms with Gasteiger partial charge in [0.25, 0.3) is 0 Å². The van der Waals surface area contributed by atoms with Gasteiger partial charge in [0, 0.05) is 25.0 Å². The number of aryl methyl sites for hydroxylation is 1. The first-order chi connectivity index (χ1) is 15.0. The molecule has 8 nitrogen and oxygen atoms in total. The molecule has 0 aliphatic carbocycles. The van der Waals surface area contributed by atoms with Gasteiger partial charge < -0.3 is 23.9 Å². The van der Waals surface area contributed by atoms with Crippen molar-refractivity contribution in [2.45, 2.75) is 12.8 Å². The largest absolute Gasteiger partial charge is 0.493 e. The minimum Gasteiger partial charge on any atom is -0.493 e. The maximum absolute atomic E-state index is 13.9. The van der Waals surface area contributed by atoms with Crippen LogP contribution in [0.3, 0.4) is 0 Å². The molecule has 31 heavy (non-hydrogen) atoms. The minimum atomic E-state index is -0.640. The van der Waals surface area contributed by atoms with Gasteiger partial charge in [-0.3, -0.25) is 4.79 Å². The van der Waals surface area contributed by atoms with E-state index in [-0.39, 0.29) is 41.7 Å². The number of halogens is 1. The molecule has 0 saturated carbocycles. The van der Waals surface area contributed by atoms with Crippen LogP contribution < -0.4 is 14.8 Å². The Hall–Kier alpha value is -3.88. The number of hydrogen-bond acceptors (Lipinski definition) is 7. The molecular formula is C22H21FN2O6. The highest BCUT2D eigenvalue weighted by Gasteiger charge is 2.19. The van der Waals surface area contributed by atoms with Crippen molar-refractivity contribution >= 4 is 17.6 Å². The molecule has 1 N–H and O–H groups in total. The molecule has 1 aromatic heterocycles. The number of rotatable bonds is 8. The number of amides is 1. The monoisotopic (exact) mass is 428 g/mol. The number of methoxy groups -OCH3 is 3. The van der Waals surface area contributed by atoms with Gasteiger partial charge in [-0.05, 0) is 12.1 Å². The van der Waals surface area contributed by atoms with Gasteiger partial charge in [-0.2, -0.15) is 0 Å². The third-order valence-electron chi connectivity index (χ3n) is 4.46. The van der Waals surface area contributed by atoms with Gasteiger partial charge >= 0.3 is 5.97 Å². The molecule has 1 heterocycles. The molecule has 0 aliphatic heterocycles. The summed E-state index contributed by atoms with van der Waals surface area (Å²) in [5, 5.41) is 2.66. The molecule has 0 aliphatic rings. The molecule has 2 aromatic carbocycles. The first kappa shape index (κ1) is 21.8. The Morgan fingerprint density at radius 2 is 1.81 bits per heavy atom. The number of anilines is 1. The van der Waals surface area contributed by atoms with E-state index in [2.05, 4.69) is 10.3 Å². The van der Waals surface area contributed by atoms with Crippen molar-refractivity contribution < 1.29 is 32.6 Å². The van der Waals surface area contributed by atoms with Crippen LogP contribution in [0, 0.1) is 5.82 Å². The number of benzene rings is 2. The topological polar surface area (TPSA) is 99.9 Å². The van der Waals surface area contributed by atoms with E-state index in [0.717, 1.165) is 0 Å². The van der Waals surface area contributed by atoms with E-state index in [0.29, 0.717) is 17.1 Å². The average molecular weight is 428 g/mol. The summed E-state index contributed by atoms with van der Waals surface area (Å²) in [7, 11) is 4.11. The number of carbonyl (C=O) groups excluding carboxylic acids is 2. The summed E-state index contributed by atoms with van der Waals surface area (Å²) >= 11 is 0. The fraction of sp³-hybridized carbons (Fsp3) is 0.227. The number of ether oxygens (including phenoxy) is 3. The quantitative estimate of drug-likeness (QED) is 0.544. The second kappa shape index (κ2) is 9.75. The van der Waals surface area contributed by atoms with Crippen molar-refractivity contribution in [1.82, 2.24) is 4.98 Å². The predicted octanol–water partition coefficient (Wildman–Crippen LogP) is 3.86. The van der Waals surface area contributed by atoms with Crippen molar-refractivity contribution in [3.8, 4) is 22.8 Å². The van der Waals surface area contributed by atoms with E-state index in [9.17, 15) is 14.0 Å². The Kier molecular flexibility index (Phi) is 6.86. The van der Waals surface area contributed by atoms with E-state index in [1.807, 2.05) is 0 Å². The number of aromatic nitrogens is 1. The first-order valence-electron chi connectivity index (χ1n) is 9.30. The Balaban J connectivity index is 1.71. The van der Waals surface area contributed by atoms with Crippen LogP contribution in [0.2, 0.25) is 0 Å². The Morgan fingerprint density at radius 1 is 1.10 bits per heavy atom. The maximum atomic E-state index is 13.9. The smallest absolute Gasteiger partial charge is 0.340 e. The number of hydrogen-bond donors (Lipinski definition) is 1. The molecule has 9 heteroatoms. The Bertz CT molecular complexity index is 1100. The highest BCUT2D eigenvalue weighted by molar-refractivity contribution is 6.02. The number of nitrogens with one attached hydrogen (secondary N) is 1. The third-order valence-corrected chi connectivity index (χ3v) is 4.46. The maximum Gasteiger partial charge on any atom is 0.340 e. The number of esters is 1. The van der Waals surface area contributed by atoms with Crippen LogP contribution in [0.5, 0.6) is 11.5 Å². The highest BCUT2D eigenvalue weighted by Crippen LogP contribution is 2.34. The second-order valence-corrected chi connectivity index (χ2v) is 6.39.